The predicted molar refractivity (Wildman–Crippen MR) is 350 cm³/mol. The van der Waals surface area contributed by atoms with Gasteiger partial charge in [-0.05, 0) is 141 Å². The number of nitrogens with zero attached hydrogens (tertiary/aromatic N) is 14. The molecular weight excluding hydrogens is 1190 g/mol. The van der Waals surface area contributed by atoms with Gasteiger partial charge in [-0.1, -0.05) is 57.4 Å². The molecule has 3 amide bonds. The van der Waals surface area contributed by atoms with Crippen LogP contribution in [-0.4, -0.2) is 126 Å². The largest absolute Gasteiger partial charge is 0.478 e. The van der Waals surface area contributed by atoms with Crippen molar-refractivity contribution in [3.63, 3.8) is 0 Å². The van der Waals surface area contributed by atoms with Gasteiger partial charge in [-0.3, -0.25) is 19.3 Å². The number of carboxylic acids is 1. The molecule has 6 aliphatic heterocycles. The van der Waals surface area contributed by atoms with Crippen molar-refractivity contribution < 1.29 is 29.0 Å². The molecule has 4 N–H and O–H groups in total. The summed E-state index contributed by atoms with van der Waals surface area (Å²) in [5.74, 6) is 1.10. The van der Waals surface area contributed by atoms with Gasteiger partial charge in [0.05, 0.1) is 34.6 Å². The molecule has 13 rings (SSSR count). The van der Waals surface area contributed by atoms with Gasteiger partial charge in [0, 0.05) is 138 Å². The summed E-state index contributed by atoms with van der Waals surface area (Å²) in [5.41, 5.74) is 29.5. The maximum Gasteiger partial charge on any atom is 0.336 e. The van der Waals surface area contributed by atoms with Crippen LogP contribution in [0.15, 0.2) is 89.2 Å². The Morgan fingerprint density at radius 2 is 1.60 bits per heavy atom. The molecule has 0 radical (unpaired) electrons. The van der Waals surface area contributed by atoms with Crippen LogP contribution in [0, 0.1) is 13.8 Å². The highest BCUT2D eigenvalue weighted by molar-refractivity contribution is 7.17. The number of fused-ring (bicyclic) bond motifs is 4. The maximum atomic E-state index is 14.7. The fourth-order valence-electron chi connectivity index (χ4n) is 13.8. The number of piperazine rings is 1. The zero-order chi connectivity index (χ0) is 62.9. The van der Waals surface area contributed by atoms with E-state index in [0.717, 1.165) is 124 Å². The average molecular weight is 1260 g/mol. The third kappa shape index (κ3) is 12.4. The van der Waals surface area contributed by atoms with Crippen molar-refractivity contribution in [2.24, 2.45) is 10.2 Å². The lowest BCUT2D eigenvalue weighted by atomic mass is 9.82. The standard InChI is InChI=1S/C66H66ClN17O6S/c1-38-10-7-15-51(67)58(38)75-64(87)53-35-71-66(91-53)74-54-34-55(73-39(2)72-54)81-28-26-80(27-29-81)37-56(85)84(36-43-16-18-44(76-78-68)33-52(43)77-79-69)25-20-70-63(86)42-17-19-45(65(88)89)48(32-42)57-49-30-40-11-3-5-21-82-23-8-13-46(59(40)82)61(49)90-62-47-14-9-24-83-22-6-4-12-41(60(47)83)31-50(57)62/h7,10,15-19,30-35H,3-6,8-9,11-14,20-29,36-37H2,1-2H3,(H3-,70,71,72,73,74,75,86,87,88,89)/p+1. The second-order valence-electron chi connectivity index (χ2n) is 23.8. The van der Waals surface area contributed by atoms with Gasteiger partial charge in [0.2, 0.25) is 11.3 Å². The van der Waals surface area contributed by atoms with E-state index >= 15 is 0 Å². The molecule has 2 aromatic heterocycles. The summed E-state index contributed by atoms with van der Waals surface area (Å²) in [6.07, 6.45) is 11.2. The molecule has 7 aromatic rings. The molecule has 1 saturated heterocycles. The van der Waals surface area contributed by atoms with Gasteiger partial charge in [-0.2, -0.15) is 0 Å². The number of nitrogens with one attached hydrogen (secondary N) is 3. The Balaban J connectivity index is 0.751. The molecule has 464 valence electrons. The number of halogens is 1. The molecule has 5 aromatic carbocycles. The Labute approximate surface area is 533 Å². The molecule has 25 heteroatoms. The lowest BCUT2D eigenvalue weighted by molar-refractivity contribution is -0.133. The number of carbonyl (C=O) groups is 4. The fourth-order valence-corrected chi connectivity index (χ4v) is 14.7. The number of ether oxygens (including phenoxy) is 1. The minimum atomic E-state index is -1.11. The molecule has 8 heterocycles. The van der Waals surface area contributed by atoms with E-state index in [1.54, 1.807) is 42.2 Å². The van der Waals surface area contributed by atoms with Crippen molar-refractivity contribution in [3.05, 3.63) is 182 Å². The Bertz CT molecular complexity index is 4360. The Morgan fingerprint density at radius 3 is 2.43 bits per heavy atom. The zero-order valence-corrected chi connectivity index (χ0v) is 52.2. The summed E-state index contributed by atoms with van der Waals surface area (Å²) in [4.78, 5) is 84.4. The molecule has 0 aliphatic carbocycles. The van der Waals surface area contributed by atoms with E-state index in [1.807, 2.05) is 30.0 Å². The highest BCUT2D eigenvalue weighted by atomic mass is 35.5. The number of rotatable bonds is 17. The lowest BCUT2D eigenvalue weighted by Gasteiger charge is -2.36. The number of hydrogen-bond donors (Lipinski definition) is 4. The first-order valence-corrected chi connectivity index (χ1v) is 32.2. The van der Waals surface area contributed by atoms with Crippen molar-refractivity contribution in [2.45, 2.75) is 84.6 Å². The van der Waals surface area contributed by atoms with Crippen LogP contribution >= 0.6 is 22.9 Å². The summed E-state index contributed by atoms with van der Waals surface area (Å²) in [7, 11) is 0. The number of anilines is 5. The van der Waals surface area contributed by atoms with Crippen LogP contribution < -0.4 is 45.6 Å². The van der Waals surface area contributed by atoms with Crippen LogP contribution in [-0.2, 0) is 37.0 Å². The number of thiazole rings is 1. The lowest BCUT2D eigenvalue weighted by Crippen LogP contribution is -2.51. The SMILES string of the molecule is Cc1nc(Nc2ncc(C(=O)Nc3c(C)cccc3Cl)s2)cc(N2CCN(CC(=O)N(CCNC(=O)c3ccc(C(=O)O)c(C4=c5cc6c7c(c5Oc5c4cc4c8c5CCCN8CCCC4)CCC[N+]=7CCCC6)c3)Cc3ccc(N=[N+]=[N-])cc3N=[N+]=[N-])CC2)n1. The third-order valence-electron chi connectivity index (χ3n) is 18.0. The van der Waals surface area contributed by atoms with Gasteiger partial charge in [-0.15, -0.1) is 0 Å². The molecular formula is C66H67ClN17O6S+. The molecule has 91 heavy (non-hydrogen) atoms. The van der Waals surface area contributed by atoms with Gasteiger partial charge in [0.25, 0.3) is 11.8 Å². The van der Waals surface area contributed by atoms with Crippen molar-refractivity contribution in [1.29, 1.82) is 0 Å². The first-order chi connectivity index (χ1) is 44.3. The number of aryl methyl sites for hydroxylation is 4. The fraction of sp³-hybridized carbons (Fsp3) is 0.364. The third-order valence-corrected chi connectivity index (χ3v) is 19.3. The molecule has 1 fully saturated rings. The number of benzene rings is 5. The van der Waals surface area contributed by atoms with E-state index in [-0.39, 0.29) is 60.5 Å². The molecule has 0 bridgehead atoms. The van der Waals surface area contributed by atoms with E-state index in [2.05, 4.69) is 72.5 Å². The second-order valence-corrected chi connectivity index (χ2v) is 25.3. The topological polar surface area (TPSA) is 286 Å². The Hall–Kier alpha value is -9.57. The summed E-state index contributed by atoms with van der Waals surface area (Å²) in [6.45, 7) is 9.72. The minimum Gasteiger partial charge on any atom is -0.478 e. The molecule has 0 unspecified atom stereocenters. The number of hydrogen-bond acceptors (Lipinski definition) is 15. The molecule has 0 spiro atoms. The summed E-state index contributed by atoms with van der Waals surface area (Å²) >= 11 is 7.54. The van der Waals surface area contributed by atoms with Crippen LogP contribution in [0.3, 0.4) is 0 Å². The Morgan fingerprint density at radius 1 is 0.802 bits per heavy atom. The first kappa shape index (κ1) is 60.3. The van der Waals surface area contributed by atoms with Crippen LogP contribution in [0.5, 0.6) is 11.5 Å². The number of carboxylic acid groups (broad SMARTS) is 1. The van der Waals surface area contributed by atoms with Gasteiger partial charge in [0.1, 0.15) is 46.9 Å². The predicted octanol–water partition coefficient (Wildman–Crippen LogP) is 10.6. The first-order valence-electron chi connectivity index (χ1n) is 31.0. The van der Waals surface area contributed by atoms with Crippen molar-refractivity contribution >= 4 is 91.7 Å². The smallest absolute Gasteiger partial charge is 0.336 e. The second kappa shape index (κ2) is 26.1. The van der Waals surface area contributed by atoms with Gasteiger partial charge in [-0.25, -0.2) is 24.3 Å². The Kier molecular flexibility index (Phi) is 17.3. The molecule has 0 atom stereocenters. The number of azide groups is 2. The van der Waals surface area contributed by atoms with Gasteiger partial charge in [0.15, 0.2) is 5.13 Å². The highest BCUT2D eigenvalue weighted by Gasteiger charge is 2.37. The highest BCUT2D eigenvalue weighted by Crippen LogP contribution is 2.49. The van der Waals surface area contributed by atoms with Crippen LogP contribution in [0.2, 0.25) is 5.02 Å². The van der Waals surface area contributed by atoms with E-state index in [9.17, 15) is 35.3 Å². The number of amides is 3. The number of aromatic nitrogens is 3. The van der Waals surface area contributed by atoms with Crippen LogP contribution in [0.4, 0.5) is 39.5 Å². The molecule has 0 saturated carbocycles. The minimum absolute atomic E-state index is 0.00850. The van der Waals surface area contributed by atoms with Crippen molar-refractivity contribution in [2.75, 3.05) is 92.4 Å². The normalized spacial score (nSPS) is 15.6. The summed E-state index contributed by atoms with van der Waals surface area (Å²) in [6, 6.07) is 21.2. The van der Waals surface area contributed by atoms with Crippen molar-refractivity contribution in [1.82, 2.24) is 34.6 Å². The van der Waals surface area contributed by atoms with Gasteiger partial charge >= 0.3 is 5.97 Å². The number of aromatic carboxylic acids is 1. The monoisotopic (exact) mass is 1260 g/mol. The summed E-state index contributed by atoms with van der Waals surface area (Å²) in [5, 5.41) is 30.8. The van der Waals surface area contributed by atoms with E-state index in [1.165, 1.54) is 63.0 Å². The van der Waals surface area contributed by atoms with E-state index in [0.29, 0.717) is 75.5 Å². The quantitative estimate of drug-likeness (QED) is 0.0286. The molecule has 6 aliphatic rings. The average Bonchev–Trinajstić information content (AvgIpc) is 1.32. The number of para-hydroxylation sites is 1. The van der Waals surface area contributed by atoms with Crippen LogP contribution in [0.1, 0.15) is 119 Å². The van der Waals surface area contributed by atoms with Gasteiger partial charge < -0.3 is 40.5 Å². The maximum absolute atomic E-state index is 14.7. The van der Waals surface area contributed by atoms with E-state index < -0.39 is 11.9 Å². The zero-order valence-electron chi connectivity index (χ0n) is 50.6. The van der Waals surface area contributed by atoms with Crippen molar-refractivity contribution in [3.8, 4) is 11.5 Å². The van der Waals surface area contributed by atoms with Crippen LogP contribution in [0.25, 0.3) is 26.5 Å². The summed E-state index contributed by atoms with van der Waals surface area (Å²) < 4.78 is 9.84. The van der Waals surface area contributed by atoms with E-state index in [4.69, 9.17) is 21.3 Å². The molecule has 23 nitrogen and oxygen atoms in total. The number of carbonyl (C=O) groups excluding carboxylic acids is 3.